The highest BCUT2D eigenvalue weighted by atomic mass is 16.3. The number of nitrogens with zero attached hydrogens (tertiary/aromatic N) is 1. The van der Waals surface area contributed by atoms with Gasteiger partial charge in [-0.25, -0.2) is 0 Å². The van der Waals surface area contributed by atoms with Crippen LogP contribution in [0.25, 0.3) is 0 Å². The highest BCUT2D eigenvalue weighted by molar-refractivity contribution is 5.19. The summed E-state index contributed by atoms with van der Waals surface area (Å²) >= 11 is 0. The molecule has 0 saturated heterocycles. The molecular formula is C16H27NO. The van der Waals surface area contributed by atoms with Gasteiger partial charge in [0.25, 0.3) is 0 Å². The average Bonchev–Trinajstić information content (AvgIpc) is 2.38. The van der Waals surface area contributed by atoms with Crippen molar-refractivity contribution in [3.63, 3.8) is 0 Å². The highest BCUT2D eigenvalue weighted by Gasteiger charge is 2.29. The second-order valence-corrected chi connectivity index (χ2v) is 5.51. The van der Waals surface area contributed by atoms with Gasteiger partial charge in [0.15, 0.2) is 0 Å². The smallest absolute Gasteiger partial charge is 0.0947 e. The van der Waals surface area contributed by atoms with Gasteiger partial charge in [0, 0.05) is 12.1 Å². The van der Waals surface area contributed by atoms with Gasteiger partial charge in [0.1, 0.15) is 0 Å². The fourth-order valence-corrected chi connectivity index (χ4v) is 2.49. The van der Waals surface area contributed by atoms with Gasteiger partial charge in [-0.2, -0.15) is 0 Å². The molecule has 2 heteroatoms. The Bertz CT molecular complexity index is 336. The Balaban J connectivity index is 2.92. The average molecular weight is 249 g/mol. The molecule has 2 nitrogen and oxygen atoms in total. The normalized spacial score (nSPS) is 16.9. The van der Waals surface area contributed by atoms with Crippen LogP contribution in [0.3, 0.4) is 0 Å². The van der Waals surface area contributed by atoms with Crippen molar-refractivity contribution >= 4 is 0 Å². The molecule has 1 N–H and O–H groups in total. The number of benzene rings is 1. The molecule has 1 aromatic rings. The summed E-state index contributed by atoms with van der Waals surface area (Å²) in [7, 11) is 2.12. The first-order valence-electron chi connectivity index (χ1n) is 6.94. The Kier molecular flexibility index (Phi) is 5.83. The van der Waals surface area contributed by atoms with Crippen LogP contribution >= 0.6 is 0 Å². The van der Waals surface area contributed by atoms with E-state index in [2.05, 4.69) is 39.6 Å². The van der Waals surface area contributed by atoms with Crippen LogP contribution in [-0.2, 0) is 0 Å². The van der Waals surface area contributed by atoms with Gasteiger partial charge in [-0.1, -0.05) is 51.1 Å². The zero-order valence-electron chi connectivity index (χ0n) is 12.3. The number of aliphatic hydroxyl groups is 1. The SMILES string of the molecule is CCC(C)N(C)C(C(C)C)C(O)c1ccccc1. The van der Waals surface area contributed by atoms with E-state index in [0.717, 1.165) is 12.0 Å². The van der Waals surface area contributed by atoms with Gasteiger partial charge in [-0.05, 0) is 31.9 Å². The summed E-state index contributed by atoms with van der Waals surface area (Å²) in [5.41, 5.74) is 1.01. The topological polar surface area (TPSA) is 23.5 Å². The first-order chi connectivity index (χ1) is 8.49. The number of hydrogen-bond acceptors (Lipinski definition) is 2. The second-order valence-electron chi connectivity index (χ2n) is 5.51. The summed E-state index contributed by atoms with van der Waals surface area (Å²) in [5.74, 6) is 0.416. The van der Waals surface area contributed by atoms with E-state index < -0.39 is 6.10 Å². The number of aliphatic hydroxyl groups excluding tert-OH is 1. The number of hydrogen-bond donors (Lipinski definition) is 1. The molecule has 0 amide bonds. The van der Waals surface area contributed by atoms with Crippen molar-refractivity contribution in [1.82, 2.24) is 4.90 Å². The maximum Gasteiger partial charge on any atom is 0.0947 e. The zero-order chi connectivity index (χ0) is 13.7. The predicted molar refractivity (Wildman–Crippen MR) is 77.5 cm³/mol. The fraction of sp³-hybridized carbons (Fsp3) is 0.625. The van der Waals surface area contributed by atoms with Gasteiger partial charge >= 0.3 is 0 Å². The molecule has 18 heavy (non-hydrogen) atoms. The summed E-state index contributed by atoms with van der Waals surface area (Å²) in [5, 5.41) is 10.6. The maximum atomic E-state index is 10.6. The summed E-state index contributed by atoms with van der Waals surface area (Å²) in [4.78, 5) is 2.31. The third-order valence-electron chi connectivity index (χ3n) is 3.90. The Morgan fingerprint density at radius 1 is 1.11 bits per heavy atom. The van der Waals surface area contributed by atoms with Crippen molar-refractivity contribution in [2.45, 2.75) is 52.3 Å². The van der Waals surface area contributed by atoms with Crippen molar-refractivity contribution in [2.75, 3.05) is 7.05 Å². The van der Waals surface area contributed by atoms with E-state index in [1.165, 1.54) is 0 Å². The minimum Gasteiger partial charge on any atom is -0.387 e. The van der Waals surface area contributed by atoms with Crippen LogP contribution in [0.4, 0.5) is 0 Å². The standard InChI is InChI=1S/C16H27NO/c1-6-13(4)17(5)15(12(2)3)16(18)14-10-8-7-9-11-14/h7-13,15-16,18H,6H2,1-5H3. The fourth-order valence-electron chi connectivity index (χ4n) is 2.49. The van der Waals surface area contributed by atoms with E-state index in [0.29, 0.717) is 12.0 Å². The monoisotopic (exact) mass is 249 g/mol. The summed E-state index contributed by atoms with van der Waals surface area (Å²) < 4.78 is 0. The molecule has 3 unspecified atom stereocenters. The molecule has 0 heterocycles. The molecule has 0 bridgehead atoms. The minimum atomic E-state index is -0.426. The van der Waals surface area contributed by atoms with Crippen LogP contribution in [0, 0.1) is 5.92 Å². The van der Waals surface area contributed by atoms with E-state index in [1.807, 2.05) is 30.3 Å². The Morgan fingerprint density at radius 2 is 1.67 bits per heavy atom. The van der Waals surface area contributed by atoms with Crippen LogP contribution in [0.5, 0.6) is 0 Å². The molecule has 0 aliphatic rings. The summed E-state index contributed by atoms with van der Waals surface area (Å²) in [6.07, 6.45) is 0.673. The van der Waals surface area contributed by atoms with E-state index in [-0.39, 0.29) is 6.04 Å². The maximum absolute atomic E-state index is 10.6. The molecule has 1 rings (SSSR count). The lowest BCUT2D eigenvalue weighted by molar-refractivity contribution is 0.0172. The summed E-state index contributed by atoms with van der Waals surface area (Å²) in [6.45, 7) is 8.76. The van der Waals surface area contributed by atoms with Crippen molar-refractivity contribution < 1.29 is 5.11 Å². The molecule has 0 spiro atoms. The Labute approximate surface area is 112 Å². The van der Waals surface area contributed by atoms with Crippen molar-refractivity contribution in [3.05, 3.63) is 35.9 Å². The molecule has 102 valence electrons. The second kappa shape index (κ2) is 6.91. The van der Waals surface area contributed by atoms with Crippen LogP contribution in [-0.4, -0.2) is 29.1 Å². The van der Waals surface area contributed by atoms with E-state index in [1.54, 1.807) is 0 Å². The van der Waals surface area contributed by atoms with Crippen molar-refractivity contribution in [1.29, 1.82) is 0 Å². The molecule has 3 atom stereocenters. The molecule has 0 saturated carbocycles. The predicted octanol–water partition coefficient (Wildman–Crippen LogP) is 3.47. The van der Waals surface area contributed by atoms with E-state index in [9.17, 15) is 5.11 Å². The zero-order valence-corrected chi connectivity index (χ0v) is 12.3. The molecule has 0 fully saturated rings. The Morgan fingerprint density at radius 3 is 2.11 bits per heavy atom. The molecule has 0 aliphatic carbocycles. The minimum absolute atomic E-state index is 0.155. The summed E-state index contributed by atoms with van der Waals surface area (Å²) in [6, 6.07) is 10.6. The first-order valence-corrected chi connectivity index (χ1v) is 6.94. The third kappa shape index (κ3) is 3.56. The Hall–Kier alpha value is -0.860. The van der Waals surface area contributed by atoms with Crippen molar-refractivity contribution in [3.8, 4) is 0 Å². The van der Waals surface area contributed by atoms with Crippen LogP contribution < -0.4 is 0 Å². The van der Waals surface area contributed by atoms with Crippen LogP contribution in [0.2, 0.25) is 0 Å². The molecule has 0 radical (unpaired) electrons. The van der Waals surface area contributed by atoms with Gasteiger partial charge in [0.05, 0.1) is 6.10 Å². The lowest BCUT2D eigenvalue weighted by Gasteiger charge is -2.38. The lowest BCUT2D eigenvalue weighted by Crippen LogP contribution is -2.45. The quantitative estimate of drug-likeness (QED) is 0.834. The molecular weight excluding hydrogens is 222 g/mol. The first kappa shape index (κ1) is 15.2. The third-order valence-corrected chi connectivity index (χ3v) is 3.90. The lowest BCUT2D eigenvalue weighted by atomic mass is 9.91. The van der Waals surface area contributed by atoms with Crippen molar-refractivity contribution in [2.24, 2.45) is 5.92 Å². The largest absolute Gasteiger partial charge is 0.387 e. The van der Waals surface area contributed by atoms with Gasteiger partial charge < -0.3 is 5.11 Å². The van der Waals surface area contributed by atoms with E-state index >= 15 is 0 Å². The van der Waals surface area contributed by atoms with Gasteiger partial charge in [0.2, 0.25) is 0 Å². The van der Waals surface area contributed by atoms with E-state index in [4.69, 9.17) is 0 Å². The highest BCUT2D eigenvalue weighted by Crippen LogP contribution is 2.27. The number of likely N-dealkylation sites (N-methyl/N-ethyl adjacent to an activating group) is 1. The molecule has 1 aromatic carbocycles. The molecule has 0 aromatic heterocycles. The molecule has 0 aliphatic heterocycles. The van der Waals surface area contributed by atoms with Gasteiger partial charge in [-0.15, -0.1) is 0 Å². The van der Waals surface area contributed by atoms with Gasteiger partial charge in [-0.3, -0.25) is 4.90 Å². The van der Waals surface area contributed by atoms with Crippen LogP contribution in [0.1, 0.15) is 45.8 Å². The van der Waals surface area contributed by atoms with Crippen LogP contribution in [0.15, 0.2) is 30.3 Å². The number of rotatable bonds is 6.